The van der Waals surface area contributed by atoms with E-state index in [0.717, 1.165) is 0 Å². The van der Waals surface area contributed by atoms with Crippen LogP contribution in [0.5, 0.6) is 5.75 Å². The van der Waals surface area contributed by atoms with Crippen LogP contribution in [0.1, 0.15) is 46.6 Å². The number of rotatable bonds is 3. The Morgan fingerprint density at radius 1 is 1.42 bits per heavy atom. The van der Waals surface area contributed by atoms with Gasteiger partial charge in [-0.05, 0) is 32.9 Å². The largest absolute Gasteiger partial charge is 0.490 e. The number of nitrogens with one attached hydrogen (secondary N) is 1. The number of nitrogens with zero attached hydrogens (tertiary/aromatic N) is 1. The minimum Gasteiger partial charge on any atom is -0.490 e. The van der Waals surface area contributed by atoms with Gasteiger partial charge in [0.2, 0.25) is 0 Å². The van der Waals surface area contributed by atoms with Crippen LogP contribution in [0, 0.1) is 16.7 Å². The first-order chi connectivity index (χ1) is 11.0. The molecule has 1 aromatic carbocycles. The summed E-state index contributed by atoms with van der Waals surface area (Å²) in [7, 11) is 0. The molecule has 1 saturated carbocycles. The minimum atomic E-state index is -0.521. The molecule has 1 aromatic rings. The van der Waals surface area contributed by atoms with Crippen molar-refractivity contribution in [2.24, 2.45) is 5.41 Å². The van der Waals surface area contributed by atoms with Gasteiger partial charge in [-0.25, -0.2) is 4.79 Å². The Morgan fingerprint density at radius 2 is 2.08 bits per heavy atom. The van der Waals surface area contributed by atoms with E-state index in [1.165, 1.54) is 0 Å². The van der Waals surface area contributed by atoms with Gasteiger partial charge in [-0.15, -0.1) is 0 Å². The van der Waals surface area contributed by atoms with Crippen molar-refractivity contribution in [3.05, 3.63) is 28.8 Å². The number of benzene rings is 1. The topological polar surface area (TPSA) is 71.3 Å². The van der Waals surface area contributed by atoms with Gasteiger partial charge >= 0.3 is 6.09 Å². The molecule has 6 heteroatoms. The minimum absolute atomic E-state index is 0.0220. The molecule has 0 saturated heterocycles. The lowest BCUT2D eigenvalue weighted by Gasteiger charge is -2.51. The highest BCUT2D eigenvalue weighted by Crippen LogP contribution is 2.43. The molecule has 24 heavy (non-hydrogen) atoms. The van der Waals surface area contributed by atoms with Crippen LogP contribution in [0.4, 0.5) is 4.79 Å². The van der Waals surface area contributed by atoms with Crippen LogP contribution >= 0.6 is 11.6 Å². The Labute approximate surface area is 147 Å². The molecule has 0 aromatic heterocycles. The molecule has 0 bridgehead atoms. The summed E-state index contributed by atoms with van der Waals surface area (Å²) in [4.78, 5) is 11.9. The van der Waals surface area contributed by atoms with Crippen molar-refractivity contribution < 1.29 is 14.3 Å². The standard InChI is InChI=1S/C18H23ClN2O3/c1-17(2,3)24-16(22)21-14-9-15(18(14,4)5)23-12-7-6-11(10-20)13(19)8-12/h6-8,14-15H,9H2,1-5H3,(H,21,22)/t14-,15+/m0/s1. The Balaban J connectivity index is 1.95. The molecule has 1 aliphatic rings. The van der Waals surface area contributed by atoms with Gasteiger partial charge in [-0.2, -0.15) is 5.26 Å². The van der Waals surface area contributed by atoms with E-state index in [2.05, 4.69) is 5.32 Å². The Hall–Kier alpha value is -1.93. The van der Waals surface area contributed by atoms with E-state index in [0.29, 0.717) is 22.8 Å². The molecular formula is C18H23ClN2O3. The van der Waals surface area contributed by atoms with E-state index in [4.69, 9.17) is 26.3 Å². The quantitative estimate of drug-likeness (QED) is 0.883. The molecule has 0 aliphatic heterocycles. The molecule has 1 N–H and O–H groups in total. The molecule has 0 radical (unpaired) electrons. The zero-order chi connectivity index (χ0) is 18.1. The zero-order valence-corrected chi connectivity index (χ0v) is 15.4. The number of halogens is 1. The average molecular weight is 351 g/mol. The first-order valence-corrected chi connectivity index (χ1v) is 8.26. The monoisotopic (exact) mass is 350 g/mol. The van der Waals surface area contributed by atoms with Crippen LogP contribution in [0.3, 0.4) is 0 Å². The number of hydrogen-bond acceptors (Lipinski definition) is 4. The SMILES string of the molecule is CC(C)(C)OC(=O)N[C@H]1C[C@@H](Oc2ccc(C#N)c(Cl)c2)C1(C)C. The van der Waals surface area contributed by atoms with Crippen molar-refractivity contribution in [2.45, 2.75) is 58.8 Å². The van der Waals surface area contributed by atoms with Crippen LogP contribution in [0.25, 0.3) is 0 Å². The predicted octanol–water partition coefficient (Wildman–Crippen LogP) is 4.28. The van der Waals surface area contributed by atoms with E-state index in [1.807, 2.05) is 40.7 Å². The molecule has 2 atom stereocenters. The van der Waals surface area contributed by atoms with Gasteiger partial charge in [0.05, 0.1) is 10.6 Å². The van der Waals surface area contributed by atoms with E-state index >= 15 is 0 Å². The Morgan fingerprint density at radius 3 is 2.58 bits per heavy atom. The van der Waals surface area contributed by atoms with Crippen molar-refractivity contribution >= 4 is 17.7 Å². The number of hydrogen-bond donors (Lipinski definition) is 1. The molecule has 130 valence electrons. The summed E-state index contributed by atoms with van der Waals surface area (Å²) >= 11 is 6.03. The maximum atomic E-state index is 11.9. The van der Waals surface area contributed by atoms with E-state index in [1.54, 1.807) is 18.2 Å². The highest BCUT2D eigenvalue weighted by molar-refractivity contribution is 6.31. The summed E-state index contributed by atoms with van der Waals surface area (Å²) < 4.78 is 11.3. The summed E-state index contributed by atoms with van der Waals surface area (Å²) in [6, 6.07) is 7.01. The van der Waals surface area contributed by atoms with Crippen molar-refractivity contribution in [3.63, 3.8) is 0 Å². The zero-order valence-electron chi connectivity index (χ0n) is 14.6. The summed E-state index contributed by atoms with van der Waals surface area (Å²) in [6.07, 6.45) is 0.214. The first-order valence-electron chi connectivity index (χ1n) is 7.89. The van der Waals surface area contributed by atoms with Crippen molar-refractivity contribution in [1.82, 2.24) is 5.32 Å². The lowest BCUT2D eigenvalue weighted by atomic mass is 9.64. The normalized spacial score (nSPS) is 22.0. The van der Waals surface area contributed by atoms with Crippen molar-refractivity contribution in [2.75, 3.05) is 0 Å². The third kappa shape index (κ3) is 4.12. The second-order valence-corrected chi connectivity index (χ2v) is 8.02. The second kappa shape index (κ2) is 6.52. The molecular weight excluding hydrogens is 328 g/mol. The Kier molecular flexibility index (Phi) is 5.00. The van der Waals surface area contributed by atoms with Gasteiger partial charge in [0, 0.05) is 23.9 Å². The molecule has 2 rings (SSSR count). The molecule has 1 amide bonds. The van der Waals surface area contributed by atoms with Crippen LogP contribution in [-0.4, -0.2) is 23.8 Å². The highest BCUT2D eigenvalue weighted by atomic mass is 35.5. The smallest absolute Gasteiger partial charge is 0.407 e. The average Bonchev–Trinajstić information content (AvgIpc) is 2.44. The summed E-state index contributed by atoms with van der Waals surface area (Å²) in [5.74, 6) is 0.618. The Bertz CT molecular complexity index is 674. The summed E-state index contributed by atoms with van der Waals surface area (Å²) in [5.41, 5.74) is -0.342. The molecule has 0 spiro atoms. The number of amides is 1. The van der Waals surface area contributed by atoms with E-state index in [9.17, 15) is 4.79 Å². The third-order valence-corrected chi connectivity index (χ3v) is 4.52. The van der Waals surface area contributed by atoms with Crippen LogP contribution in [-0.2, 0) is 4.74 Å². The summed E-state index contributed by atoms with van der Waals surface area (Å²) in [6.45, 7) is 9.57. The van der Waals surface area contributed by atoms with Gasteiger partial charge in [0.25, 0.3) is 0 Å². The van der Waals surface area contributed by atoms with Gasteiger partial charge in [0.1, 0.15) is 23.5 Å². The lowest BCUT2D eigenvalue weighted by molar-refractivity contribution is -0.0569. The lowest BCUT2D eigenvalue weighted by Crippen LogP contribution is -2.63. The maximum Gasteiger partial charge on any atom is 0.407 e. The van der Waals surface area contributed by atoms with Gasteiger partial charge in [0.15, 0.2) is 0 Å². The van der Waals surface area contributed by atoms with Crippen LogP contribution in [0.15, 0.2) is 18.2 Å². The fourth-order valence-corrected chi connectivity index (χ4v) is 2.82. The van der Waals surface area contributed by atoms with Gasteiger partial charge in [-0.3, -0.25) is 0 Å². The summed E-state index contributed by atoms with van der Waals surface area (Å²) in [5, 5.41) is 12.2. The van der Waals surface area contributed by atoms with Crippen molar-refractivity contribution in [3.8, 4) is 11.8 Å². The van der Waals surface area contributed by atoms with Gasteiger partial charge in [-0.1, -0.05) is 25.4 Å². The fraction of sp³-hybridized carbons (Fsp3) is 0.556. The predicted molar refractivity (Wildman–Crippen MR) is 92.1 cm³/mol. The maximum absolute atomic E-state index is 11.9. The number of carbonyl (C=O) groups excluding carboxylic acids is 1. The number of nitriles is 1. The highest BCUT2D eigenvalue weighted by Gasteiger charge is 2.51. The molecule has 0 heterocycles. The first kappa shape index (κ1) is 18.4. The van der Waals surface area contributed by atoms with E-state index < -0.39 is 11.7 Å². The third-order valence-electron chi connectivity index (χ3n) is 4.21. The van der Waals surface area contributed by atoms with Crippen LogP contribution < -0.4 is 10.1 Å². The molecule has 1 aliphatic carbocycles. The van der Waals surface area contributed by atoms with E-state index in [-0.39, 0.29) is 17.6 Å². The molecule has 1 fully saturated rings. The van der Waals surface area contributed by atoms with Gasteiger partial charge < -0.3 is 14.8 Å². The van der Waals surface area contributed by atoms with Crippen molar-refractivity contribution in [1.29, 1.82) is 5.26 Å². The van der Waals surface area contributed by atoms with Crippen LogP contribution in [0.2, 0.25) is 5.02 Å². The fourth-order valence-electron chi connectivity index (χ4n) is 2.60. The number of carbonyl (C=O) groups is 1. The second-order valence-electron chi connectivity index (χ2n) is 7.62. The number of alkyl carbamates (subject to hydrolysis) is 1. The molecule has 0 unspecified atom stereocenters. The molecule has 5 nitrogen and oxygen atoms in total. The number of ether oxygens (including phenoxy) is 2.